The van der Waals surface area contributed by atoms with Gasteiger partial charge >= 0.3 is 5.69 Å². The van der Waals surface area contributed by atoms with Gasteiger partial charge in [-0.2, -0.15) is 0 Å². The number of anilines is 2. The van der Waals surface area contributed by atoms with Crippen molar-refractivity contribution in [1.82, 2.24) is 15.3 Å². The highest BCUT2D eigenvalue weighted by molar-refractivity contribution is 5.79. The van der Waals surface area contributed by atoms with Crippen LogP contribution in [-0.2, 0) is 4.79 Å². The summed E-state index contributed by atoms with van der Waals surface area (Å²) in [5, 5.41) is 13.7. The van der Waals surface area contributed by atoms with Gasteiger partial charge in [-0.05, 0) is 12.8 Å². The molecule has 0 aliphatic carbocycles. The van der Waals surface area contributed by atoms with Crippen molar-refractivity contribution in [2.24, 2.45) is 5.92 Å². The normalized spacial score (nSPS) is 18.6. The number of piperidine rings is 1. The lowest BCUT2D eigenvalue weighted by Gasteiger charge is -2.32. The van der Waals surface area contributed by atoms with Crippen LogP contribution in [0.2, 0.25) is 0 Å². The van der Waals surface area contributed by atoms with Crippen LogP contribution in [0.4, 0.5) is 17.3 Å². The number of nitrogens with two attached hydrogens (primary N) is 1. The van der Waals surface area contributed by atoms with Crippen LogP contribution in [0, 0.1) is 16.0 Å². The number of hydrogen-bond donors (Lipinski definition) is 2. The van der Waals surface area contributed by atoms with Crippen LogP contribution in [0.1, 0.15) is 12.8 Å². The molecule has 2 rings (SSSR count). The zero-order chi connectivity index (χ0) is 14.7. The third-order valence-electron chi connectivity index (χ3n) is 3.35. The molecule has 3 N–H and O–H groups in total. The second-order valence-corrected chi connectivity index (χ2v) is 4.59. The number of carbonyl (C=O) groups excluding carboxylic acids is 1. The Morgan fingerprint density at radius 1 is 1.60 bits per heavy atom. The maximum atomic E-state index is 11.7. The average molecular weight is 280 g/mol. The second kappa shape index (κ2) is 5.68. The van der Waals surface area contributed by atoms with Crippen LogP contribution in [0.25, 0.3) is 0 Å². The highest BCUT2D eigenvalue weighted by Crippen LogP contribution is 2.32. The first-order valence-corrected chi connectivity index (χ1v) is 6.26. The summed E-state index contributed by atoms with van der Waals surface area (Å²) in [5.74, 6) is -0.262. The Balaban J connectivity index is 2.30. The van der Waals surface area contributed by atoms with Gasteiger partial charge in [-0.25, -0.2) is 9.97 Å². The van der Waals surface area contributed by atoms with E-state index < -0.39 is 4.92 Å². The van der Waals surface area contributed by atoms with Crippen molar-refractivity contribution in [3.8, 4) is 0 Å². The number of carbonyl (C=O) groups is 1. The van der Waals surface area contributed by atoms with E-state index in [0.29, 0.717) is 13.1 Å². The van der Waals surface area contributed by atoms with E-state index in [-0.39, 0.29) is 29.1 Å². The van der Waals surface area contributed by atoms with Crippen molar-refractivity contribution in [3.63, 3.8) is 0 Å². The molecule has 1 atom stereocenters. The van der Waals surface area contributed by atoms with Gasteiger partial charge < -0.3 is 16.0 Å². The summed E-state index contributed by atoms with van der Waals surface area (Å²) in [7, 11) is 1.58. The first kappa shape index (κ1) is 14.0. The Hall–Kier alpha value is -2.45. The highest BCUT2D eigenvalue weighted by atomic mass is 16.6. The van der Waals surface area contributed by atoms with E-state index >= 15 is 0 Å². The maximum Gasteiger partial charge on any atom is 0.353 e. The van der Waals surface area contributed by atoms with E-state index in [9.17, 15) is 14.9 Å². The summed E-state index contributed by atoms with van der Waals surface area (Å²) in [6, 6.07) is 0. The van der Waals surface area contributed by atoms with Gasteiger partial charge in [0.15, 0.2) is 0 Å². The summed E-state index contributed by atoms with van der Waals surface area (Å²) in [6.45, 7) is 0.988. The minimum absolute atomic E-state index is 0.0700. The van der Waals surface area contributed by atoms with Gasteiger partial charge in [-0.3, -0.25) is 14.9 Å². The quantitative estimate of drug-likeness (QED) is 0.586. The molecule has 1 amide bonds. The fourth-order valence-corrected chi connectivity index (χ4v) is 2.38. The molecule has 1 aromatic heterocycles. The van der Waals surface area contributed by atoms with Gasteiger partial charge in [0.25, 0.3) is 0 Å². The molecule has 1 fully saturated rings. The van der Waals surface area contributed by atoms with E-state index in [1.165, 1.54) is 6.33 Å². The molecule has 1 saturated heterocycles. The molecule has 2 heterocycles. The zero-order valence-corrected chi connectivity index (χ0v) is 11.1. The molecular weight excluding hydrogens is 264 g/mol. The highest BCUT2D eigenvalue weighted by Gasteiger charge is 2.31. The third kappa shape index (κ3) is 2.60. The van der Waals surface area contributed by atoms with Crippen molar-refractivity contribution < 1.29 is 9.72 Å². The molecule has 9 nitrogen and oxygen atoms in total. The molecule has 1 aromatic rings. The molecule has 1 aliphatic heterocycles. The molecule has 0 aromatic carbocycles. The molecule has 0 saturated carbocycles. The van der Waals surface area contributed by atoms with E-state index in [2.05, 4.69) is 15.3 Å². The number of rotatable bonds is 3. The number of nitrogens with zero attached hydrogens (tertiary/aromatic N) is 4. The Morgan fingerprint density at radius 2 is 2.35 bits per heavy atom. The van der Waals surface area contributed by atoms with Crippen molar-refractivity contribution in [2.75, 3.05) is 30.8 Å². The maximum absolute atomic E-state index is 11.7. The van der Waals surface area contributed by atoms with Crippen LogP contribution in [0.3, 0.4) is 0 Å². The van der Waals surface area contributed by atoms with Gasteiger partial charge in [-0.15, -0.1) is 0 Å². The Kier molecular flexibility index (Phi) is 3.97. The van der Waals surface area contributed by atoms with Crippen LogP contribution >= 0.6 is 0 Å². The number of nitrogens with one attached hydrogen (secondary N) is 1. The monoisotopic (exact) mass is 280 g/mol. The van der Waals surface area contributed by atoms with E-state index in [0.717, 1.165) is 12.8 Å². The van der Waals surface area contributed by atoms with Gasteiger partial charge in [-0.1, -0.05) is 0 Å². The van der Waals surface area contributed by atoms with Crippen LogP contribution in [0.15, 0.2) is 6.33 Å². The fraction of sp³-hybridized carbons (Fsp3) is 0.545. The van der Waals surface area contributed by atoms with Crippen molar-refractivity contribution in [1.29, 1.82) is 0 Å². The largest absolute Gasteiger partial charge is 0.378 e. The molecule has 108 valence electrons. The number of hydrogen-bond acceptors (Lipinski definition) is 7. The smallest absolute Gasteiger partial charge is 0.353 e. The topological polar surface area (TPSA) is 127 Å². The number of nitrogen functional groups attached to an aromatic ring is 1. The lowest BCUT2D eigenvalue weighted by Crippen LogP contribution is -2.42. The molecular formula is C11H16N6O3. The van der Waals surface area contributed by atoms with Crippen molar-refractivity contribution in [2.45, 2.75) is 12.8 Å². The molecule has 1 aliphatic rings. The Morgan fingerprint density at radius 3 is 3.00 bits per heavy atom. The van der Waals surface area contributed by atoms with Gasteiger partial charge in [0.1, 0.15) is 6.33 Å². The molecule has 0 spiro atoms. The first-order valence-electron chi connectivity index (χ1n) is 6.26. The van der Waals surface area contributed by atoms with E-state index in [4.69, 9.17) is 5.73 Å². The summed E-state index contributed by atoms with van der Waals surface area (Å²) >= 11 is 0. The summed E-state index contributed by atoms with van der Waals surface area (Å²) in [5.41, 5.74) is 5.25. The van der Waals surface area contributed by atoms with Crippen LogP contribution < -0.4 is 16.0 Å². The van der Waals surface area contributed by atoms with Gasteiger partial charge in [0.05, 0.1) is 10.8 Å². The zero-order valence-electron chi connectivity index (χ0n) is 11.1. The molecule has 0 radical (unpaired) electrons. The first-order chi connectivity index (χ1) is 9.54. The lowest BCUT2D eigenvalue weighted by atomic mass is 9.97. The molecule has 9 heteroatoms. The van der Waals surface area contributed by atoms with Crippen LogP contribution in [0.5, 0.6) is 0 Å². The number of amides is 1. The predicted molar refractivity (Wildman–Crippen MR) is 72.1 cm³/mol. The standard InChI is InChI=1S/C11H16N6O3/c1-13-11(18)7-3-2-4-16(5-7)10-8(17(19)20)9(12)14-6-15-10/h6-7H,2-5H2,1H3,(H,13,18)(H2,12,14,15). The SMILES string of the molecule is CNC(=O)C1CCCN(c2ncnc(N)c2[N+](=O)[O-])C1. The van der Waals surface area contributed by atoms with Crippen molar-refractivity contribution >= 4 is 23.2 Å². The van der Waals surface area contributed by atoms with E-state index in [1.54, 1.807) is 11.9 Å². The molecule has 20 heavy (non-hydrogen) atoms. The van der Waals surface area contributed by atoms with E-state index in [1.807, 2.05) is 0 Å². The molecule has 0 bridgehead atoms. The lowest BCUT2D eigenvalue weighted by molar-refractivity contribution is -0.383. The Bertz CT molecular complexity index is 535. The average Bonchev–Trinajstić information content (AvgIpc) is 2.45. The van der Waals surface area contributed by atoms with Gasteiger partial charge in [0, 0.05) is 20.1 Å². The summed E-state index contributed by atoms with van der Waals surface area (Å²) in [6.07, 6.45) is 2.71. The van der Waals surface area contributed by atoms with Crippen LogP contribution in [-0.4, -0.2) is 40.9 Å². The predicted octanol–water partition coefficient (Wildman–Crippen LogP) is -0.0706. The number of aromatic nitrogens is 2. The molecule has 1 unspecified atom stereocenters. The summed E-state index contributed by atoms with van der Waals surface area (Å²) < 4.78 is 0. The van der Waals surface area contributed by atoms with Crippen molar-refractivity contribution in [3.05, 3.63) is 16.4 Å². The second-order valence-electron chi connectivity index (χ2n) is 4.59. The minimum atomic E-state index is -0.589. The van der Waals surface area contributed by atoms with Gasteiger partial charge in [0.2, 0.25) is 17.5 Å². The summed E-state index contributed by atoms with van der Waals surface area (Å²) in [4.78, 5) is 31.5. The fourth-order valence-electron chi connectivity index (χ4n) is 2.38. The third-order valence-corrected chi connectivity index (χ3v) is 3.35. The Labute approximate surface area is 115 Å². The number of nitro groups is 1. The minimum Gasteiger partial charge on any atom is -0.378 e.